The van der Waals surface area contributed by atoms with Gasteiger partial charge in [-0.25, -0.2) is 0 Å². The van der Waals surface area contributed by atoms with E-state index in [4.69, 9.17) is 9.47 Å². The summed E-state index contributed by atoms with van der Waals surface area (Å²) in [4.78, 5) is 14.5. The van der Waals surface area contributed by atoms with Gasteiger partial charge in [-0.05, 0) is 33.5 Å². The van der Waals surface area contributed by atoms with Crippen LogP contribution in [0.15, 0.2) is 17.1 Å². The van der Waals surface area contributed by atoms with Crippen molar-refractivity contribution in [2.75, 3.05) is 33.9 Å². The quantitative estimate of drug-likeness (QED) is 0.140. The molecule has 5 nitrogen and oxygen atoms in total. The van der Waals surface area contributed by atoms with Gasteiger partial charge in [0.25, 0.3) is 0 Å². The van der Waals surface area contributed by atoms with Crippen LogP contribution in [-0.2, 0) is 18.4 Å². The molecule has 1 aromatic rings. The number of rotatable bonds is 24. The van der Waals surface area contributed by atoms with Crippen LogP contribution < -0.4 is 10.2 Å². The first kappa shape index (κ1) is 31.7. The Morgan fingerprint density at radius 3 is 1.77 bits per heavy atom. The van der Waals surface area contributed by atoms with E-state index in [-0.39, 0.29) is 5.43 Å². The van der Waals surface area contributed by atoms with E-state index in [0.29, 0.717) is 25.6 Å². The number of hydrogen-bond donors (Lipinski definition) is 0. The highest BCUT2D eigenvalue weighted by atomic mass is 16.5. The van der Waals surface area contributed by atoms with E-state index in [0.717, 1.165) is 25.1 Å². The topological polar surface area (TPSA) is 43.7 Å². The van der Waals surface area contributed by atoms with Crippen molar-refractivity contribution in [3.63, 3.8) is 0 Å². The van der Waals surface area contributed by atoms with Gasteiger partial charge in [0.2, 0.25) is 5.43 Å². The lowest BCUT2D eigenvalue weighted by Gasteiger charge is -2.13. The van der Waals surface area contributed by atoms with E-state index >= 15 is 0 Å². The minimum Gasteiger partial charge on any atom is -0.488 e. The van der Waals surface area contributed by atoms with Crippen molar-refractivity contribution in [1.29, 1.82) is 0 Å². The molecule has 0 saturated heterocycles. The molecule has 0 atom stereocenters. The summed E-state index contributed by atoms with van der Waals surface area (Å²) in [6.45, 7) is 5.06. The Kier molecular flexibility index (Phi) is 19.8. The van der Waals surface area contributed by atoms with Crippen LogP contribution in [0.1, 0.15) is 122 Å². The summed E-state index contributed by atoms with van der Waals surface area (Å²) in [6.07, 6.45) is 24.5. The summed E-state index contributed by atoms with van der Waals surface area (Å²) < 4.78 is 13.4. The second kappa shape index (κ2) is 21.9. The number of hydrogen-bond acceptors (Lipinski definition) is 4. The standard InChI is InChI=1S/C30H56N2O3/c1-5-6-7-8-9-10-11-12-13-14-15-16-17-18-19-20-24-35-30-26-32(4)28(25-29(30)33)27-34-23-21-22-31(2)3/h25-26H,5-24,27H2,1-4H3. The van der Waals surface area contributed by atoms with Gasteiger partial charge in [-0.3, -0.25) is 4.79 Å². The third-order valence-corrected chi connectivity index (χ3v) is 6.70. The first-order chi connectivity index (χ1) is 17.0. The highest BCUT2D eigenvalue weighted by Crippen LogP contribution is 2.14. The number of unbranched alkanes of at least 4 members (excludes halogenated alkanes) is 15. The lowest BCUT2D eigenvalue weighted by Crippen LogP contribution is -2.16. The van der Waals surface area contributed by atoms with Crippen molar-refractivity contribution in [2.24, 2.45) is 7.05 Å². The maximum absolute atomic E-state index is 12.4. The number of nitrogens with zero attached hydrogens (tertiary/aromatic N) is 2. The maximum atomic E-state index is 12.4. The zero-order valence-corrected chi connectivity index (χ0v) is 23.6. The van der Waals surface area contributed by atoms with Crippen LogP contribution in [0.3, 0.4) is 0 Å². The van der Waals surface area contributed by atoms with Crippen molar-refractivity contribution >= 4 is 0 Å². The Labute approximate surface area is 216 Å². The molecule has 1 aromatic heterocycles. The van der Waals surface area contributed by atoms with Gasteiger partial charge in [0.15, 0.2) is 5.75 Å². The van der Waals surface area contributed by atoms with E-state index in [1.807, 2.05) is 11.6 Å². The molecule has 0 bridgehead atoms. The molecule has 0 aliphatic carbocycles. The van der Waals surface area contributed by atoms with Crippen LogP contribution >= 0.6 is 0 Å². The predicted molar refractivity (Wildman–Crippen MR) is 150 cm³/mol. The minimum atomic E-state index is -0.0496. The number of aromatic nitrogens is 1. The Morgan fingerprint density at radius 1 is 0.743 bits per heavy atom. The lowest BCUT2D eigenvalue weighted by atomic mass is 10.0. The zero-order chi connectivity index (χ0) is 25.6. The average molecular weight is 493 g/mol. The summed E-state index contributed by atoms with van der Waals surface area (Å²) in [7, 11) is 6.06. The van der Waals surface area contributed by atoms with E-state index in [1.54, 1.807) is 12.3 Å². The fourth-order valence-corrected chi connectivity index (χ4v) is 4.39. The predicted octanol–water partition coefficient (Wildman–Crippen LogP) is 7.49. The molecule has 0 aliphatic rings. The second-order valence-corrected chi connectivity index (χ2v) is 10.5. The zero-order valence-electron chi connectivity index (χ0n) is 23.6. The smallest absolute Gasteiger partial charge is 0.223 e. The van der Waals surface area contributed by atoms with Crippen LogP contribution in [0.25, 0.3) is 0 Å². The Hall–Kier alpha value is -1.33. The average Bonchev–Trinajstić information content (AvgIpc) is 2.83. The van der Waals surface area contributed by atoms with Crippen molar-refractivity contribution in [3.8, 4) is 5.75 Å². The highest BCUT2D eigenvalue weighted by molar-refractivity contribution is 5.21. The Morgan fingerprint density at radius 2 is 1.26 bits per heavy atom. The van der Waals surface area contributed by atoms with E-state index in [9.17, 15) is 4.79 Å². The molecule has 0 aliphatic heterocycles. The fraction of sp³-hybridized carbons (Fsp3) is 0.833. The lowest BCUT2D eigenvalue weighted by molar-refractivity contribution is 0.108. The molecule has 0 spiro atoms. The number of ether oxygens (including phenoxy) is 2. The third kappa shape index (κ3) is 17.7. The molecule has 0 fully saturated rings. The first-order valence-electron chi connectivity index (χ1n) is 14.6. The largest absolute Gasteiger partial charge is 0.488 e. The van der Waals surface area contributed by atoms with Gasteiger partial charge in [-0.2, -0.15) is 0 Å². The van der Waals surface area contributed by atoms with Gasteiger partial charge in [0.05, 0.1) is 19.4 Å². The summed E-state index contributed by atoms with van der Waals surface area (Å²) in [5.74, 6) is 0.449. The van der Waals surface area contributed by atoms with Gasteiger partial charge in [0.1, 0.15) is 0 Å². The monoisotopic (exact) mass is 492 g/mol. The molecule has 1 heterocycles. The normalized spacial score (nSPS) is 11.5. The molecule has 0 aromatic carbocycles. The third-order valence-electron chi connectivity index (χ3n) is 6.70. The van der Waals surface area contributed by atoms with Crippen molar-refractivity contribution < 1.29 is 9.47 Å². The molecule has 35 heavy (non-hydrogen) atoms. The molecule has 0 radical (unpaired) electrons. The SMILES string of the molecule is CCCCCCCCCCCCCCCCCCOc1cn(C)c(COCCCN(C)C)cc1=O. The van der Waals surface area contributed by atoms with Crippen molar-refractivity contribution in [3.05, 3.63) is 28.2 Å². The van der Waals surface area contributed by atoms with Gasteiger partial charge >= 0.3 is 0 Å². The summed E-state index contributed by atoms with van der Waals surface area (Å²) in [5, 5.41) is 0. The molecule has 0 saturated carbocycles. The van der Waals surface area contributed by atoms with Gasteiger partial charge < -0.3 is 18.9 Å². The maximum Gasteiger partial charge on any atom is 0.223 e. The molecule has 1 rings (SSSR count). The van der Waals surface area contributed by atoms with Crippen LogP contribution in [0.5, 0.6) is 5.75 Å². The Bertz CT molecular complexity index is 672. The van der Waals surface area contributed by atoms with E-state index in [2.05, 4.69) is 25.9 Å². The summed E-state index contributed by atoms with van der Waals surface area (Å²) in [6, 6.07) is 1.65. The van der Waals surface area contributed by atoms with Crippen LogP contribution in [0.2, 0.25) is 0 Å². The van der Waals surface area contributed by atoms with Crippen LogP contribution in [0, 0.1) is 0 Å². The molecule has 0 amide bonds. The molecule has 5 heteroatoms. The first-order valence-corrected chi connectivity index (χ1v) is 14.6. The summed E-state index contributed by atoms with van der Waals surface area (Å²) >= 11 is 0. The van der Waals surface area contributed by atoms with Gasteiger partial charge in [-0.1, -0.05) is 103 Å². The molecule has 0 unspecified atom stereocenters. The minimum absolute atomic E-state index is 0.0496. The second-order valence-electron chi connectivity index (χ2n) is 10.5. The van der Waals surface area contributed by atoms with Crippen molar-refractivity contribution in [2.45, 2.75) is 123 Å². The molecular formula is C30H56N2O3. The fourth-order valence-electron chi connectivity index (χ4n) is 4.39. The summed E-state index contributed by atoms with van der Waals surface area (Å²) in [5.41, 5.74) is 0.834. The molecular weight excluding hydrogens is 436 g/mol. The van der Waals surface area contributed by atoms with Gasteiger partial charge in [0, 0.05) is 25.4 Å². The molecule has 204 valence electrons. The van der Waals surface area contributed by atoms with E-state index < -0.39 is 0 Å². The van der Waals surface area contributed by atoms with Crippen LogP contribution in [-0.4, -0.2) is 43.3 Å². The highest BCUT2D eigenvalue weighted by Gasteiger charge is 2.06. The number of pyridine rings is 1. The van der Waals surface area contributed by atoms with Crippen LogP contribution in [0.4, 0.5) is 0 Å². The Balaban J connectivity index is 1.99. The van der Waals surface area contributed by atoms with Gasteiger partial charge in [-0.15, -0.1) is 0 Å². The van der Waals surface area contributed by atoms with Crippen molar-refractivity contribution in [1.82, 2.24) is 9.47 Å². The number of aryl methyl sites for hydroxylation is 1. The van der Waals surface area contributed by atoms with E-state index in [1.165, 1.54) is 96.3 Å². The molecule has 0 N–H and O–H groups in total.